The third-order valence-corrected chi connectivity index (χ3v) is 5.40. The van der Waals surface area contributed by atoms with Crippen LogP contribution in [0.4, 0.5) is 0 Å². The molecule has 4 aromatic rings. The second-order valence-corrected chi connectivity index (χ2v) is 7.30. The zero-order valence-electron chi connectivity index (χ0n) is 15.5. The number of rotatable bonds is 7. The molecule has 0 aliphatic heterocycles. The Kier molecular flexibility index (Phi) is 5.48. The van der Waals surface area contributed by atoms with Crippen LogP contribution in [-0.2, 0) is 12.3 Å². The third-order valence-electron chi connectivity index (χ3n) is 4.43. The first-order chi connectivity index (χ1) is 13.8. The summed E-state index contributed by atoms with van der Waals surface area (Å²) >= 11 is 1.48. The van der Waals surface area contributed by atoms with Crippen molar-refractivity contribution in [3.8, 4) is 5.69 Å². The summed E-state index contributed by atoms with van der Waals surface area (Å²) < 4.78 is 3.48. The van der Waals surface area contributed by atoms with Crippen molar-refractivity contribution in [3.63, 3.8) is 0 Å². The van der Waals surface area contributed by atoms with Gasteiger partial charge in [-0.25, -0.2) is 4.98 Å². The van der Waals surface area contributed by atoms with E-state index < -0.39 is 0 Å². The van der Waals surface area contributed by atoms with E-state index in [9.17, 15) is 4.79 Å². The van der Waals surface area contributed by atoms with Crippen LogP contribution in [0.2, 0.25) is 0 Å². The molecule has 7 nitrogen and oxygen atoms in total. The van der Waals surface area contributed by atoms with Crippen molar-refractivity contribution in [1.82, 2.24) is 29.8 Å². The number of aromatic nitrogens is 6. The van der Waals surface area contributed by atoms with E-state index in [1.165, 1.54) is 11.8 Å². The van der Waals surface area contributed by atoms with E-state index in [0.717, 1.165) is 18.5 Å². The third kappa shape index (κ3) is 3.68. The van der Waals surface area contributed by atoms with Crippen molar-refractivity contribution < 1.29 is 0 Å². The van der Waals surface area contributed by atoms with Gasteiger partial charge in [-0.1, -0.05) is 55.4 Å². The van der Waals surface area contributed by atoms with Gasteiger partial charge in [-0.3, -0.25) is 9.36 Å². The largest absolute Gasteiger partial charge is 0.287 e. The van der Waals surface area contributed by atoms with Gasteiger partial charge in [-0.2, -0.15) is 4.68 Å². The number of thioether (sulfide) groups is 1. The lowest BCUT2D eigenvalue weighted by Crippen LogP contribution is -2.23. The Morgan fingerprint density at radius 1 is 1.04 bits per heavy atom. The first-order valence-corrected chi connectivity index (χ1v) is 10.2. The van der Waals surface area contributed by atoms with Crippen molar-refractivity contribution in [2.45, 2.75) is 37.2 Å². The molecule has 2 aromatic carbocycles. The van der Waals surface area contributed by atoms with E-state index in [1.54, 1.807) is 9.25 Å². The summed E-state index contributed by atoms with van der Waals surface area (Å²) in [4.78, 5) is 17.7. The summed E-state index contributed by atoms with van der Waals surface area (Å²) in [6.45, 7) is 2.76. The SMILES string of the molecule is CCCCn1c(SCc2nnnn2-c2ccccc2)nc2ccccc2c1=O. The molecule has 0 amide bonds. The van der Waals surface area contributed by atoms with Crippen LogP contribution in [0, 0.1) is 0 Å². The number of para-hydroxylation sites is 2. The second-order valence-electron chi connectivity index (χ2n) is 6.35. The van der Waals surface area contributed by atoms with Gasteiger partial charge in [0.25, 0.3) is 5.56 Å². The van der Waals surface area contributed by atoms with E-state index in [1.807, 2.05) is 54.6 Å². The summed E-state index contributed by atoms with van der Waals surface area (Å²) in [6.07, 6.45) is 1.94. The molecular formula is C20H20N6OS. The average molecular weight is 392 g/mol. The Balaban J connectivity index is 1.67. The molecule has 0 atom stereocenters. The summed E-state index contributed by atoms with van der Waals surface area (Å²) in [5.74, 6) is 1.22. The van der Waals surface area contributed by atoms with Crippen molar-refractivity contribution in [2.24, 2.45) is 0 Å². The van der Waals surface area contributed by atoms with Gasteiger partial charge in [0.15, 0.2) is 11.0 Å². The maximum Gasteiger partial charge on any atom is 0.262 e. The molecule has 0 spiro atoms. The van der Waals surface area contributed by atoms with Crippen LogP contribution in [0.5, 0.6) is 0 Å². The minimum absolute atomic E-state index is 0.00389. The minimum Gasteiger partial charge on any atom is -0.287 e. The molecule has 28 heavy (non-hydrogen) atoms. The summed E-state index contributed by atoms with van der Waals surface area (Å²) in [5, 5.41) is 13.4. The first kappa shape index (κ1) is 18.4. The number of benzene rings is 2. The monoisotopic (exact) mass is 392 g/mol. The fourth-order valence-corrected chi connectivity index (χ4v) is 3.90. The summed E-state index contributed by atoms with van der Waals surface area (Å²) in [5.41, 5.74) is 1.62. The molecule has 0 fully saturated rings. The van der Waals surface area contributed by atoms with Gasteiger partial charge in [0.2, 0.25) is 0 Å². The van der Waals surface area contributed by atoms with Gasteiger partial charge in [0.1, 0.15) is 0 Å². The molecule has 0 aliphatic carbocycles. The van der Waals surface area contributed by atoms with Crippen molar-refractivity contribution in [3.05, 3.63) is 70.8 Å². The summed E-state index contributed by atoms with van der Waals surface area (Å²) in [7, 11) is 0. The first-order valence-electron chi connectivity index (χ1n) is 9.23. The second kappa shape index (κ2) is 8.35. The molecule has 0 saturated carbocycles. The highest BCUT2D eigenvalue weighted by atomic mass is 32.2. The standard InChI is InChI=1S/C20H20N6OS/c1-2-3-13-25-19(27)16-11-7-8-12-17(16)21-20(25)28-14-18-22-23-24-26(18)15-9-5-4-6-10-15/h4-12H,2-3,13-14H2,1H3. The number of nitrogens with zero attached hydrogens (tertiary/aromatic N) is 6. The lowest BCUT2D eigenvalue weighted by molar-refractivity contribution is 0.557. The smallest absolute Gasteiger partial charge is 0.262 e. The van der Waals surface area contributed by atoms with Gasteiger partial charge in [-0.05, 0) is 41.1 Å². The predicted octanol–water partition coefficient (Wildman–Crippen LogP) is 3.46. The quantitative estimate of drug-likeness (QED) is 0.354. The van der Waals surface area contributed by atoms with E-state index in [4.69, 9.17) is 4.98 Å². The fraction of sp³-hybridized carbons (Fsp3) is 0.250. The molecule has 0 bridgehead atoms. The molecule has 0 radical (unpaired) electrons. The highest BCUT2D eigenvalue weighted by Crippen LogP contribution is 2.22. The highest BCUT2D eigenvalue weighted by Gasteiger charge is 2.14. The van der Waals surface area contributed by atoms with E-state index in [0.29, 0.717) is 34.2 Å². The molecule has 2 heterocycles. The minimum atomic E-state index is 0.00389. The number of fused-ring (bicyclic) bond motifs is 1. The number of unbranched alkanes of at least 4 members (excludes halogenated alkanes) is 1. The molecule has 4 rings (SSSR count). The van der Waals surface area contributed by atoms with E-state index in [-0.39, 0.29) is 5.56 Å². The van der Waals surface area contributed by atoms with Gasteiger partial charge in [-0.15, -0.1) is 5.10 Å². The van der Waals surface area contributed by atoms with Crippen molar-refractivity contribution in [2.75, 3.05) is 0 Å². The van der Waals surface area contributed by atoms with Crippen LogP contribution < -0.4 is 5.56 Å². The maximum atomic E-state index is 13.0. The topological polar surface area (TPSA) is 78.5 Å². The zero-order valence-corrected chi connectivity index (χ0v) is 16.3. The van der Waals surface area contributed by atoms with Gasteiger partial charge in [0, 0.05) is 6.54 Å². The molecule has 0 saturated heterocycles. The fourth-order valence-electron chi connectivity index (χ4n) is 2.97. The molecule has 0 unspecified atom stereocenters. The van der Waals surface area contributed by atoms with Crippen molar-refractivity contribution in [1.29, 1.82) is 0 Å². The Morgan fingerprint density at radius 2 is 1.82 bits per heavy atom. The van der Waals surface area contributed by atoms with Crippen LogP contribution in [-0.4, -0.2) is 29.8 Å². The average Bonchev–Trinajstić information content (AvgIpc) is 3.21. The highest BCUT2D eigenvalue weighted by molar-refractivity contribution is 7.98. The Morgan fingerprint density at radius 3 is 2.64 bits per heavy atom. The molecule has 2 aromatic heterocycles. The summed E-state index contributed by atoms with van der Waals surface area (Å²) in [6, 6.07) is 17.2. The van der Waals surface area contributed by atoms with Crippen LogP contribution in [0.15, 0.2) is 64.5 Å². The molecule has 0 aliphatic rings. The molecule has 142 valence electrons. The number of hydrogen-bond acceptors (Lipinski definition) is 6. The molecule has 0 N–H and O–H groups in total. The Labute approximate surface area is 166 Å². The normalized spacial score (nSPS) is 11.2. The lowest BCUT2D eigenvalue weighted by Gasteiger charge is -2.12. The maximum absolute atomic E-state index is 13.0. The van der Waals surface area contributed by atoms with Crippen LogP contribution >= 0.6 is 11.8 Å². The molecular weight excluding hydrogens is 372 g/mol. The van der Waals surface area contributed by atoms with E-state index >= 15 is 0 Å². The van der Waals surface area contributed by atoms with Gasteiger partial charge >= 0.3 is 0 Å². The van der Waals surface area contributed by atoms with E-state index in [2.05, 4.69) is 22.4 Å². The molecule has 8 heteroatoms. The zero-order chi connectivity index (χ0) is 19.3. The van der Waals surface area contributed by atoms with Gasteiger partial charge in [0.05, 0.1) is 22.3 Å². The van der Waals surface area contributed by atoms with Crippen LogP contribution in [0.3, 0.4) is 0 Å². The Bertz CT molecular complexity index is 1140. The Hall–Kier alpha value is -3.00. The van der Waals surface area contributed by atoms with Crippen molar-refractivity contribution >= 4 is 22.7 Å². The predicted molar refractivity (Wildman–Crippen MR) is 110 cm³/mol. The van der Waals surface area contributed by atoms with Gasteiger partial charge < -0.3 is 0 Å². The van der Waals surface area contributed by atoms with Crippen LogP contribution in [0.1, 0.15) is 25.6 Å². The lowest BCUT2D eigenvalue weighted by atomic mass is 10.2. The number of hydrogen-bond donors (Lipinski definition) is 0. The number of tetrazole rings is 1. The van der Waals surface area contributed by atoms with Crippen LogP contribution in [0.25, 0.3) is 16.6 Å².